The van der Waals surface area contributed by atoms with Gasteiger partial charge in [0.15, 0.2) is 56.9 Å². The monoisotopic (exact) mass is 1440 g/mol. The Labute approximate surface area is 571 Å². The van der Waals surface area contributed by atoms with Crippen molar-refractivity contribution in [1.29, 1.82) is 0 Å². The van der Waals surface area contributed by atoms with Gasteiger partial charge in [0.05, 0.1) is 44.2 Å². The molecular weight excluding hydrogens is 1340 g/mol. The number of rotatable bonds is 29. The quantitative estimate of drug-likeness (QED) is 0.0309. The van der Waals surface area contributed by atoms with Crippen LogP contribution in [-0.4, -0.2) is 376 Å². The van der Waals surface area contributed by atoms with Crippen molar-refractivity contribution in [2.45, 2.75) is 180 Å². The van der Waals surface area contributed by atoms with Crippen LogP contribution in [-0.2, 0) is 33.2 Å². The van der Waals surface area contributed by atoms with Crippen LogP contribution in [0.1, 0.15) is 39.0 Å². The predicted octanol–water partition coefficient (Wildman–Crippen LogP) is -11.5. The number of aliphatic hydroxyl groups excluding tert-OH is 16. The minimum absolute atomic E-state index is 0.0417. The first-order valence-corrected chi connectivity index (χ1v) is 33.8. The number of thiocarbonyl (C=S) groups is 5. The molecule has 0 aliphatic carbocycles. The molecule has 0 radical (unpaired) electrons. The van der Waals surface area contributed by atoms with E-state index in [1.807, 2.05) is 11.8 Å². The average molecular weight is 1450 g/mol. The molecule has 9 heterocycles. The van der Waals surface area contributed by atoms with Crippen LogP contribution in [0.4, 0.5) is 0 Å². The number of aliphatic hydroxyl groups is 16. The highest BCUT2D eigenvalue weighted by atomic mass is 32.1. The predicted molar refractivity (Wildman–Crippen MR) is 352 cm³/mol. The van der Waals surface area contributed by atoms with E-state index >= 15 is 0 Å². The van der Waals surface area contributed by atoms with E-state index in [2.05, 4.69) is 58.1 Å². The molecule has 9 fully saturated rings. The second kappa shape index (κ2) is 40.6. The largest absolute Gasteiger partial charge is 0.394 e. The molecule has 9 aliphatic rings. The van der Waals surface area contributed by atoms with E-state index in [9.17, 15) is 81.7 Å². The van der Waals surface area contributed by atoms with Crippen LogP contribution in [0, 0.1) is 11.8 Å². The molecule has 25 atom stereocenters. The minimum Gasteiger partial charge on any atom is -0.394 e. The Morgan fingerprint density at radius 3 is 1.28 bits per heavy atom. The first kappa shape index (κ1) is 80.4. The van der Waals surface area contributed by atoms with Gasteiger partial charge in [-0.1, -0.05) is 19.8 Å². The molecule has 40 heteroatoms. The van der Waals surface area contributed by atoms with E-state index in [1.54, 1.807) is 0 Å². The smallest absolute Gasteiger partial charge is 0.186 e. The highest BCUT2D eigenvalue weighted by molar-refractivity contribution is 7.81. The zero-order valence-electron chi connectivity index (χ0n) is 52.1. The lowest BCUT2D eigenvalue weighted by atomic mass is 9.84. The van der Waals surface area contributed by atoms with Crippen molar-refractivity contribution in [3.05, 3.63) is 0 Å². The summed E-state index contributed by atoms with van der Waals surface area (Å²) in [5, 5.41) is 198. The van der Waals surface area contributed by atoms with Crippen LogP contribution in [0.15, 0.2) is 0 Å². The Morgan fingerprint density at radius 1 is 0.394 bits per heavy atom. The van der Waals surface area contributed by atoms with Gasteiger partial charge in [-0.15, -0.1) is 0 Å². The fourth-order valence-electron chi connectivity index (χ4n) is 11.8. The van der Waals surface area contributed by atoms with E-state index in [0.29, 0.717) is 103 Å². The number of nitrogens with one attached hydrogen (secondary N) is 10. The summed E-state index contributed by atoms with van der Waals surface area (Å²) in [5.41, 5.74) is 0. The van der Waals surface area contributed by atoms with Gasteiger partial charge in [0.2, 0.25) is 0 Å². The van der Waals surface area contributed by atoms with Crippen molar-refractivity contribution < 1.29 is 115 Å². The fraction of sp³-hybridized carbons (Fsp3) is 0.907. The molecule has 0 aromatic carbocycles. The van der Waals surface area contributed by atoms with Gasteiger partial charge in [0.1, 0.15) is 85.5 Å². The molecule has 544 valence electrons. The highest BCUT2D eigenvalue weighted by Gasteiger charge is 2.52. The summed E-state index contributed by atoms with van der Waals surface area (Å²) in [5.74, 6) is -1.03. The molecule has 0 amide bonds. The van der Waals surface area contributed by atoms with Gasteiger partial charge in [0.25, 0.3) is 0 Å². The third kappa shape index (κ3) is 23.5. The van der Waals surface area contributed by atoms with Gasteiger partial charge in [0, 0.05) is 110 Å². The first-order valence-electron chi connectivity index (χ1n) is 31.7. The Balaban J connectivity index is 1.02. The van der Waals surface area contributed by atoms with Gasteiger partial charge in [-0.25, -0.2) is 0 Å². The highest BCUT2D eigenvalue weighted by Crippen LogP contribution is 2.35. The SMILES string of the molecule is CCCC1C(CNC(=S)NCCN(CCNC(=S)NCCN(CCNC(=S)N[C@H]2OC(CO)[C@@H](O)[C@H](O)C2O)CCNC(=S)N[C@H]2OC(CO)[C@@H](O)[C@H](O)C2O)CCNC(=S)NCC2O[C@@H]3OC4C(CO)O[C@H](OCCCCC2[C@@H](O)C3O)C(O)[C@@H]4O)O[C@H](O)C(O)[C@@H]1O. The van der Waals surface area contributed by atoms with Crippen molar-refractivity contribution in [2.75, 3.05) is 118 Å². The Morgan fingerprint density at radius 2 is 0.819 bits per heavy atom. The Bertz CT molecular complexity index is 2250. The maximum atomic E-state index is 11.4. The van der Waals surface area contributed by atoms with Gasteiger partial charge in [-0.2, -0.15) is 0 Å². The molecule has 4 bridgehead atoms. The van der Waals surface area contributed by atoms with Crippen LogP contribution in [0.2, 0.25) is 0 Å². The standard InChI is InChI=1S/C54H100N12O23S5/c1-2-5-25-27(86-47(82)41(79)32(25)70)20-61-51(91)57-9-15-65(16-10-58-52(92)62-21-28-26-6-3-4-19-83-48-43(81)38(76)44(31(24-69)88-48)89-49(87-28)42(80)33(26)71)13-7-55-50(90)56-8-14-66(17-11-59-53(93)63-45-39(77)36(74)34(72)29(22-67)84-45)18-12-60-54(94)64-46-40(78)37(75)35(73)30(23-68)85-46/h25-49,67-82H,2-24H2,1H3,(H2,55,56,90)(H2,57,61,91)(H2,58,62,92)(H2,59,63,93)(H2,60,64,94)/t25?,26?,27?,28?,29?,30?,31?,32-,33-,34-,35-,36+,37+,38+,39?,40?,41?,42?,43?,44?,45+,46+,47+,48+,49-/m1/s1. The molecule has 0 saturated carbocycles. The van der Waals surface area contributed by atoms with Crippen LogP contribution >= 0.6 is 61.1 Å². The fourth-order valence-corrected chi connectivity index (χ4v) is 12.8. The van der Waals surface area contributed by atoms with E-state index in [0.717, 1.165) is 0 Å². The molecule has 9 saturated heterocycles. The number of nitrogens with zero attached hydrogens (tertiary/aromatic N) is 2. The van der Waals surface area contributed by atoms with Crippen LogP contribution in [0.25, 0.3) is 0 Å². The summed E-state index contributed by atoms with van der Waals surface area (Å²) in [6.45, 7) is 4.79. The molecule has 35 nitrogen and oxygen atoms in total. The zero-order chi connectivity index (χ0) is 68.8. The van der Waals surface area contributed by atoms with E-state index in [1.165, 1.54) is 0 Å². The van der Waals surface area contributed by atoms with Crippen LogP contribution < -0.4 is 53.2 Å². The molecule has 94 heavy (non-hydrogen) atoms. The lowest BCUT2D eigenvalue weighted by molar-refractivity contribution is -0.355. The molecule has 26 N–H and O–H groups in total. The minimum atomic E-state index is -1.62. The molecule has 0 spiro atoms. The second-order valence-electron chi connectivity index (χ2n) is 23.8. The van der Waals surface area contributed by atoms with Crippen molar-refractivity contribution in [3.63, 3.8) is 0 Å². The van der Waals surface area contributed by atoms with Crippen molar-refractivity contribution >= 4 is 86.7 Å². The van der Waals surface area contributed by atoms with Crippen molar-refractivity contribution in [2.24, 2.45) is 11.8 Å². The Kier molecular flexibility index (Phi) is 34.8. The van der Waals surface area contributed by atoms with E-state index in [4.69, 9.17) is 94.2 Å². The van der Waals surface area contributed by atoms with Gasteiger partial charge in [-0.05, 0) is 80.4 Å². The third-order valence-corrected chi connectivity index (χ3v) is 18.6. The van der Waals surface area contributed by atoms with Crippen LogP contribution in [0.5, 0.6) is 0 Å². The molecule has 0 aromatic heterocycles. The molecule has 9 aliphatic heterocycles. The molecular formula is C54H100N12O23S5. The van der Waals surface area contributed by atoms with Crippen molar-refractivity contribution in [3.8, 4) is 0 Å². The first-order chi connectivity index (χ1) is 44.9. The number of hydrogen-bond donors (Lipinski definition) is 26. The molecule has 0 aromatic rings. The topological polar surface area (TPSA) is 515 Å². The zero-order valence-corrected chi connectivity index (χ0v) is 56.2. The Hall–Kier alpha value is -2.55. The number of ether oxygens (including phenoxy) is 7. The number of hydrogen-bond acceptors (Lipinski definition) is 30. The lowest BCUT2D eigenvalue weighted by Gasteiger charge is -2.47. The summed E-state index contributed by atoms with van der Waals surface area (Å²) >= 11 is 27.9. The second-order valence-corrected chi connectivity index (χ2v) is 25.8. The molecule has 9 rings (SSSR count). The molecule has 13 unspecified atom stereocenters. The van der Waals surface area contributed by atoms with Gasteiger partial charge < -0.3 is 168 Å². The average Bonchev–Trinajstić information content (AvgIpc) is 0.803. The lowest BCUT2D eigenvalue weighted by Crippen LogP contribution is -2.64. The summed E-state index contributed by atoms with van der Waals surface area (Å²) < 4.78 is 40.3. The maximum absolute atomic E-state index is 11.4. The summed E-state index contributed by atoms with van der Waals surface area (Å²) in [6, 6.07) is 0. The normalized spacial score (nSPS) is 37.0. The third-order valence-electron chi connectivity index (χ3n) is 17.2. The summed E-state index contributed by atoms with van der Waals surface area (Å²) in [6.07, 6.45) is -28.5. The van der Waals surface area contributed by atoms with E-state index < -0.39 is 173 Å². The maximum Gasteiger partial charge on any atom is 0.186 e. The summed E-state index contributed by atoms with van der Waals surface area (Å²) in [7, 11) is 0. The van der Waals surface area contributed by atoms with Crippen molar-refractivity contribution in [1.82, 2.24) is 63.0 Å². The van der Waals surface area contributed by atoms with Crippen LogP contribution in [0.3, 0.4) is 0 Å². The summed E-state index contributed by atoms with van der Waals surface area (Å²) in [4.78, 5) is 4.11. The van der Waals surface area contributed by atoms with Gasteiger partial charge >= 0.3 is 0 Å². The van der Waals surface area contributed by atoms with Gasteiger partial charge in [-0.3, -0.25) is 9.80 Å². The van der Waals surface area contributed by atoms with E-state index in [-0.39, 0.29) is 53.2 Å².